The van der Waals surface area contributed by atoms with Gasteiger partial charge < -0.3 is 19.4 Å². The van der Waals surface area contributed by atoms with Crippen LogP contribution in [0.4, 0.5) is 10.2 Å². The van der Waals surface area contributed by atoms with E-state index in [0.717, 1.165) is 11.5 Å². The van der Waals surface area contributed by atoms with Crippen LogP contribution in [0, 0.1) is 12.8 Å². The molecule has 0 saturated heterocycles. The number of aromatic nitrogens is 3. The van der Waals surface area contributed by atoms with Crippen LogP contribution in [-0.4, -0.2) is 58.8 Å². The van der Waals surface area contributed by atoms with Crippen molar-refractivity contribution in [2.75, 3.05) is 11.9 Å². The van der Waals surface area contributed by atoms with Crippen molar-refractivity contribution in [1.82, 2.24) is 14.5 Å². The minimum Gasteiger partial charge on any atom is -0.464 e. The number of ketones is 1. The second-order valence-corrected chi connectivity index (χ2v) is 9.38. The number of nitrogens with zero attached hydrogens (tertiary/aromatic N) is 3. The molecule has 11 nitrogen and oxygen atoms in total. The molecule has 3 aromatic rings. The Morgan fingerprint density at radius 3 is 2.91 bits per heavy atom. The Morgan fingerprint density at radius 1 is 1.41 bits per heavy atom. The molecular formula is C21H24FN5O6S. The van der Waals surface area contributed by atoms with Crippen LogP contribution < -0.4 is 10.5 Å². The van der Waals surface area contributed by atoms with Crippen LogP contribution in [0.2, 0.25) is 0 Å². The molecule has 4 atom stereocenters. The Hall–Kier alpha value is -3.13. The van der Waals surface area contributed by atoms with Crippen LogP contribution in [0.5, 0.6) is 0 Å². The van der Waals surface area contributed by atoms with Crippen LogP contribution in [0.15, 0.2) is 47.5 Å². The molecule has 182 valence electrons. The number of alkyl halides is 1. The number of carbonyl (C=O) groups excluding carboxylic acids is 1. The second-order valence-electron chi connectivity index (χ2n) is 8.16. The monoisotopic (exact) mass is 493 g/mol. The molecule has 1 saturated carbocycles. The highest BCUT2D eigenvalue weighted by Crippen LogP contribution is 2.32. The van der Waals surface area contributed by atoms with Gasteiger partial charge in [0.05, 0.1) is 30.9 Å². The minimum absolute atomic E-state index is 0.0361. The van der Waals surface area contributed by atoms with Crippen molar-refractivity contribution < 1.29 is 31.3 Å². The van der Waals surface area contributed by atoms with Gasteiger partial charge in [-0.25, -0.2) is 19.5 Å². The molecule has 3 aromatic heterocycles. The molecule has 0 amide bonds. The highest BCUT2D eigenvalue weighted by atomic mass is 32.2. The van der Waals surface area contributed by atoms with E-state index in [1.165, 1.54) is 12.5 Å². The summed E-state index contributed by atoms with van der Waals surface area (Å²) in [6.07, 6.45) is 2.76. The molecule has 34 heavy (non-hydrogen) atoms. The van der Waals surface area contributed by atoms with Crippen molar-refractivity contribution >= 4 is 21.9 Å². The Bertz CT molecular complexity index is 1280. The molecular weight excluding hydrogens is 469 g/mol. The number of hydrogen-bond acceptors (Lipinski definition) is 9. The van der Waals surface area contributed by atoms with Crippen molar-refractivity contribution in [3.8, 4) is 0 Å². The Kier molecular flexibility index (Phi) is 6.79. The average molecular weight is 494 g/mol. The van der Waals surface area contributed by atoms with Gasteiger partial charge in [-0.1, -0.05) is 0 Å². The zero-order chi connectivity index (χ0) is 24.5. The number of hydrogen-bond donors (Lipinski definition) is 3. The number of halogens is 1. The molecule has 1 aliphatic carbocycles. The lowest BCUT2D eigenvalue weighted by Crippen LogP contribution is -2.33. The molecule has 0 radical (unpaired) electrons. The molecule has 4 N–H and O–H groups in total. The van der Waals surface area contributed by atoms with Gasteiger partial charge in [-0.3, -0.25) is 8.98 Å². The van der Waals surface area contributed by atoms with E-state index in [1.807, 2.05) is 19.1 Å². The average Bonchev–Trinajstić information content (AvgIpc) is 3.48. The normalized spacial score (nSPS) is 22.7. The number of anilines is 1. The summed E-state index contributed by atoms with van der Waals surface area (Å²) in [6, 6.07) is 4.42. The van der Waals surface area contributed by atoms with E-state index in [0.29, 0.717) is 12.1 Å². The Labute approximate surface area is 195 Å². The first-order chi connectivity index (χ1) is 16.1. The first-order valence-electron chi connectivity index (χ1n) is 10.4. The first kappa shape index (κ1) is 24.0. The van der Waals surface area contributed by atoms with E-state index in [4.69, 9.17) is 9.56 Å². The molecule has 0 bridgehead atoms. The highest BCUT2D eigenvalue weighted by Gasteiger charge is 2.44. The molecule has 0 unspecified atom stereocenters. The largest absolute Gasteiger partial charge is 0.464 e. The number of aliphatic hydroxyl groups excluding tert-OH is 1. The lowest BCUT2D eigenvalue weighted by atomic mass is 10.1. The van der Waals surface area contributed by atoms with Gasteiger partial charge in [0.2, 0.25) is 0 Å². The summed E-state index contributed by atoms with van der Waals surface area (Å²) in [5.74, 6) is 0.443. The topological polar surface area (TPSA) is 163 Å². The number of aliphatic hydroxyl groups is 1. The fourth-order valence-electron chi connectivity index (χ4n) is 3.95. The second kappa shape index (κ2) is 9.62. The maximum Gasteiger partial charge on any atom is 0.333 e. The highest BCUT2D eigenvalue weighted by molar-refractivity contribution is 7.84. The van der Waals surface area contributed by atoms with Crippen LogP contribution in [0.3, 0.4) is 0 Å². The molecule has 0 aliphatic heterocycles. The maximum atomic E-state index is 14.7. The van der Waals surface area contributed by atoms with Gasteiger partial charge in [-0.05, 0) is 31.5 Å². The van der Waals surface area contributed by atoms with Crippen LogP contribution in [-0.2, 0) is 21.0 Å². The summed E-state index contributed by atoms with van der Waals surface area (Å²) < 4.78 is 48.6. The summed E-state index contributed by atoms with van der Waals surface area (Å²) in [5, 5.41) is 17.8. The maximum absolute atomic E-state index is 14.7. The molecule has 1 aliphatic rings. The third-order valence-corrected chi connectivity index (χ3v) is 6.09. The number of nitrogens with one attached hydrogen (secondary N) is 1. The minimum atomic E-state index is -4.22. The zero-order valence-electron chi connectivity index (χ0n) is 18.2. The summed E-state index contributed by atoms with van der Waals surface area (Å²) >= 11 is 0. The van der Waals surface area contributed by atoms with Gasteiger partial charge >= 0.3 is 10.3 Å². The standard InChI is InChI=1S/C21H24FN5O6S/c1-12-2-3-15(33-12)9-27-5-4-13(8-27)19(28)16-7-24-11-25-21(16)26-17-6-14(20(29)18(17)22)10-32-34(23,30)31/h2-5,7-8,11,14,17-18,20,29H,6,9-10H2,1H3,(H2,23,30,31)(H,24,25,26)/t14-,17-,18-,20-/m1/s1. The molecule has 4 rings (SSSR count). The molecule has 0 aromatic carbocycles. The lowest BCUT2D eigenvalue weighted by Gasteiger charge is -2.18. The molecule has 1 fully saturated rings. The quantitative estimate of drug-likeness (QED) is 0.371. The number of rotatable bonds is 9. The van der Waals surface area contributed by atoms with Crippen molar-refractivity contribution in [2.24, 2.45) is 11.1 Å². The predicted octanol–water partition coefficient (Wildman–Crippen LogP) is 1.18. The summed E-state index contributed by atoms with van der Waals surface area (Å²) in [7, 11) is -4.22. The van der Waals surface area contributed by atoms with Crippen LogP contribution in [0.1, 0.15) is 33.9 Å². The van der Waals surface area contributed by atoms with Crippen molar-refractivity contribution in [3.05, 3.63) is 65.8 Å². The van der Waals surface area contributed by atoms with Gasteiger partial charge in [0.25, 0.3) is 0 Å². The lowest BCUT2D eigenvalue weighted by molar-refractivity contribution is 0.0501. The van der Waals surface area contributed by atoms with E-state index < -0.39 is 41.1 Å². The number of aryl methyl sites for hydroxylation is 1. The SMILES string of the molecule is Cc1ccc(Cn2ccc(C(=O)c3cncnc3N[C@@H]3C[C@H](COS(N)(=O)=O)[C@@H](O)[C@@H]3F)c2)o1. The van der Waals surface area contributed by atoms with Gasteiger partial charge in [-0.2, -0.15) is 8.42 Å². The van der Waals surface area contributed by atoms with E-state index >= 15 is 0 Å². The Balaban J connectivity index is 1.47. The summed E-state index contributed by atoms with van der Waals surface area (Å²) in [6.45, 7) is 1.83. The number of furan rings is 1. The third kappa shape index (κ3) is 5.50. The van der Waals surface area contributed by atoms with Crippen molar-refractivity contribution in [1.29, 1.82) is 0 Å². The Morgan fingerprint density at radius 2 is 2.21 bits per heavy atom. The molecule has 13 heteroatoms. The van der Waals surface area contributed by atoms with Gasteiger partial charge in [0.1, 0.15) is 29.8 Å². The van der Waals surface area contributed by atoms with E-state index in [2.05, 4.69) is 19.5 Å². The number of carbonyl (C=O) groups is 1. The zero-order valence-corrected chi connectivity index (χ0v) is 19.0. The molecule has 0 spiro atoms. The third-order valence-electron chi connectivity index (χ3n) is 5.62. The van der Waals surface area contributed by atoms with E-state index in [1.54, 1.807) is 23.0 Å². The smallest absolute Gasteiger partial charge is 0.333 e. The summed E-state index contributed by atoms with van der Waals surface area (Å²) in [5.41, 5.74) is 0.504. The van der Waals surface area contributed by atoms with Gasteiger partial charge in [0.15, 0.2) is 5.78 Å². The van der Waals surface area contributed by atoms with Gasteiger partial charge in [0, 0.05) is 30.1 Å². The van der Waals surface area contributed by atoms with E-state index in [9.17, 15) is 22.7 Å². The fraction of sp³-hybridized carbons (Fsp3) is 0.381. The molecule has 3 heterocycles. The van der Waals surface area contributed by atoms with E-state index in [-0.39, 0.29) is 23.6 Å². The van der Waals surface area contributed by atoms with Crippen molar-refractivity contribution in [2.45, 2.75) is 38.2 Å². The van der Waals surface area contributed by atoms with Crippen molar-refractivity contribution in [3.63, 3.8) is 0 Å². The van der Waals surface area contributed by atoms with Crippen LogP contribution in [0.25, 0.3) is 0 Å². The fourth-order valence-corrected chi connectivity index (χ4v) is 4.31. The van der Waals surface area contributed by atoms with Crippen LogP contribution >= 0.6 is 0 Å². The number of nitrogens with two attached hydrogens (primary N) is 1. The first-order valence-corrected chi connectivity index (χ1v) is 11.9. The summed E-state index contributed by atoms with van der Waals surface area (Å²) in [4.78, 5) is 21.1. The van der Waals surface area contributed by atoms with Gasteiger partial charge in [-0.15, -0.1) is 0 Å². The predicted molar refractivity (Wildman–Crippen MR) is 118 cm³/mol.